The van der Waals surface area contributed by atoms with E-state index in [2.05, 4.69) is 30.2 Å². The van der Waals surface area contributed by atoms with Crippen LogP contribution in [-0.2, 0) is 17.6 Å². The van der Waals surface area contributed by atoms with Crippen LogP contribution in [0.15, 0.2) is 18.5 Å². The number of benzene rings is 1. The van der Waals surface area contributed by atoms with Crippen molar-refractivity contribution in [3.05, 3.63) is 33.9 Å². The molecule has 0 saturated carbocycles. The van der Waals surface area contributed by atoms with Crippen LogP contribution in [0.4, 0.5) is 24.7 Å². The first-order valence-corrected chi connectivity index (χ1v) is 12.0. The third-order valence-electron chi connectivity index (χ3n) is 5.51. The largest absolute Gasteiger partial charge is 0.390 e. The molecule has 1 aliphatic rings. The Bertz CT molecular complexity index is 1360. The lowest BCUT2D eigenvalue weighted by Crippen LogP contribution is -2.35. The van der Waals surface area contributed by atoms with E-state index in [-0.39, 0.29) is 11.8 Å². The van der Waals surface area contributed by atoms with Crippen LogP contribution >= 0.6 is 34.5 Å². The molecule has 1 aromatic carbocycles. The second-order valence-corrected chi connectivity index (χ2v) is 9.98. The molecular weight excluding hydrogens is 497 g/mol. The van der Waals surface area contributed by atoms with Gasteiger partial charge in [-0.1, -0.05) is 16.1 Å². The van der Waals surface area contributed by atoms with Gasteiger partial charge in [-0.05, 0) is 48.5 Å². The standard InChI is InChI=1S/C20H16ClF3N6OS2/c21-11-6-13-15(33-30-29-13)7-12(11)28-17-16-10-2-1-9(18(31)25-4-3-20(22,23)24)5-14(10)32-19(16)27-8-26-17/h6-9H,1-5H2,(H,25,31)(H,26,27,28)/t9-/m0/s1. The Labute approximate surface area is 198 Å². The SMILES string of the molecule is O=C(NCCC(F)(F)F)[C@H]1CCc2c(sc3ncnc(Nc4cc5snnc5cc4Cl)c23)C1. The highest BCUT2D eigenvalue weighted by Crippen LogP contribution is 2.41. The zero-order chi connectivity index (χ0) is 23.2. The maximum atomic E-state index is 12.4. The van der Waals surface area contributed by atoms with Gasteiger partial charge >= 0.3 is 6.18 Å². The first-order valence-electron chi connectivity index (χ1n) is 10.1. The molecule has 1 atom stereocenters. The summed E-state index contributed by atoms with van der Waals surface area (Å²) in [6.45, 7) is -0.405. The summed E-state index contributed by atoms with van der Waals surface area (Å²) in [5.74, 6) is -0.0896. The molecule has 0 aliphatic heterocycles. The van der Waals surface area contributed by atoms with Crippen molar-refractivity contribution in [2.24, 2.45) is 5.92 Å². The maximum absolute atomic E-state index is 12.4. The number of aromatic nitrogens is 4. The second-order valence-electron chi connectivity index (χ2n) is 7.70. The first-order chi connectivity index (χ1) is 15.8. The minimum Gasteiger partial charge on any atom is -0.356 e. The van der Waals surface area contributed by atoms with Crippen molar-refractivity contribution >= 4 is 72.3 Å². The van der Waals surface area contributed by atoms with Crippen molar-refractivity contribution in [3.8, 4) is 0 Å². The summed E-state index contributed by atoms with van der Waals surface area (Å²) in [7, 11) is 0. The van der Waals surface area contributed by atoms with Crippen molar-refractivity contribution in [3.63, 3.8) is 0 Å². The summed E-state index contributed by atoms with van der Waals surface area (Å²) in [4.78, 5) is 23.0. The zero-order valence-corrected chi connectivity index (χ0v) is 19.3. The lowest BCUT2D eigenvalue weighted by molar-refractivity contribution is -0.136. The van der Waals surface area contributed by atoms with Crippen molar-refractivity contribution < 1.29 is 18.0 Å². The van der Waals surface area contributed by atoms with Crippen molar-refractivity contribution in [1.29, 1.82) is 0 Å². The zero-order valence-electron chi connectivity index (χ0n) is 16.9. The van der Waals surface area contributed by atoms with Crippen LogP contribution in [-0.4, -0.2) is 38.2 Å². The molecule has 2 N–H and O–H groups in total. The fraction of sp³-hybridized carbons (Fsp3) is 0.350. The average molecular weight is 513 g/mol. The van der Waals surface area contributed by atoms with Crippen LogP contribution in [0.3, 0.4) is 0 Å². The highest BCUT2D eigenvalue weighted by Gasteiger charge is 2.31. The number of thiophene rings is 1. The van der Waals surface area contributed by atoms with E-state index in [0.717, 1.165) is 30.9 Å². The molecule has 33 heavy (non-hydrogen) atoms. The van der Waals surface area contributed by atoms with Gasteiger partial charge in [0.15, 0.2) is 0 Å². The Morgan fingerprint density at radius 3 is 2.94 bits per heavy atom. The lowest BCUT2D eigenvalue weighted by Gasteiger charge is -2.22. The van der Waals surface area contributed by atoms with E-state index < -0.39 is 19.1 Å². The molecule has 0 spiro atoms. The van der Waals surface area contributed by atoms with E-state index in [9.17, 15) is 18.0 Å². The third kappa shape index (κ3) is 4.59. The van der Waals surface area contributed by atoms with Gasteiger partial charge in [0.2, 0.25) is 5.91 Å². The summed E-state index contributed by atoms with van der Waals surface area (Å²) in [6, 6.07) is 3.61. The molecule has 13 heteroatoms. The molecule has 4 aromatic rings. The number of carbonyl (C=O) groups excluding carboxylic acids is 1. The molecule has 3 aromatic heterocycles. The van der Waals surface area contributed by atoms with Crippen LogP contribution in [0.25, 0.3) is 20.4 Å². The summed E-state index contributed by atoms with van der Waals surface area (Å²) < 4.78 is 41.9. The molecule has 1 amide bonds. The highest BCUT2D eigenvalue weighted by atomic mass is 35.5. The van der Waals surface area contributed by atoms with Crippen LogP contribution < -0.4 is 10.6 Å². The monoisotopic (exact) mass is 512 g/mol. The molecule has 5 rings (SSSR count). The van der Waals surface area contributed by atoms with Gasteiger partial charge in [-0.2, -0.15) is 13.2 Å². The number of rotatable bonds is 5. The van der Waals surface area contributed by atoms with Crippen molar-refractivity contribution in [2.75, 3.05) is 11.9 Å². The summed E-state index contributed by atoms with van der Waals surface area (Å²) in [5, 5.41) is 11.1. The Morgan fingerprint density at radius 2 is 2.12 bits per heavy atom. The van der Waals surface area contributed by atoms with E-state index >= 15 is 0 Å². The second kappa shape index (κ2) is 8.65. The predicted molar refractivity (Wildman–Crippen MR) is 122 cm³/mol. The van der Waals surface area contributed by atoms with Gasteiger partial charge in [-0.15, -0.1) is 16.4 Å². The van der Waals surface area contributed by atoms with Gasteiger partial charge in [-0.3, -0.25) is 4.79 Å². The molecule has 1 aliphatic carbocycles. The number of alkyl halides is 3. The average Bonchev–Trinajstić information content (AvgIpc) is 3.36. The topological polar surface area (TPSA) is 92.7 Å². The number of halogens is 4. The van der Waals surface area contributed by atoms with E-state index in [1.807, 2.05) is 6.07 Å². The van der Waals surface area contributed by atoms with Gasteiger partial charge in [0.05, 0.1) is 27.2 Å². The minimum absolute atomic E-state index is 0.343. The summed E-state index contributed by atoms with van der Waals surface area (Å²) in [6.07, 6.45) is -2.23. The predicted octanol–water partition coefficient (Wildman–Crippen LogP) is 5.27. The van der Waals surface area contributed by atoms with Crippen molar-refractivity contribution in [1.82, 2.24) is 24.9 Å². The van der Waals surface area contributed by atoms with Gasteiger partial charge < -0.3 is 10.6 Å². The molecule has 0 bridgehead atoms. The summed E-state index contributed by atoms with van der Waals surface area (Å²) in [5.41, 5.74) is 2.46. The molecule has 7 nitrogen and oxygen atoms in total. The molecular formula is C20H16ClF3N6OS2. The number of aryl methyl sites for hydroxylation is 1. The molecule has 0 unspecified atom stereocenters. The van der Waals surface area contributed by atoms with Crippen molar-refractivity contribution in [2.45, 2.75) is 31.9 Å². The van der Waals surface area contributed by atoms with E-state index in [1.165, 1.54) is 29.2 Å². The summed E-state index contributed by atoms with van der Waals surface area (Å²) >= 11 is 9.17. The Morgan fingerprint density at radius 1 is 1.27 bits per heavy atom. The quantitative estimate of drug-likeness (QED) is 0.378. The number of hydrogen-bond acceptors (Lipinski definition) is 8. The van der Waals surface area contributed by atoms with Gasteiger partial charge in [-0.25, -0.2) is 9.97 Å². The van der Waals surface area contributed by atoms with Gasteiger partial charge in [0.1, 0.15) is 22.5 Å². The van der Waals surface area contributed by atoms with Gasteiger partial charge in [0, 0.05) is 17.3 Å². The van der Waals surface area contributed by atoms with Gasteiger partial charge in [0.25, 0.3) is 0 Å². The lowest BCUT2D eigenvalue weighted by atomic mass is 9.87. The smallest absolute Gasteiger partial charge is 0.356 e. The normalized spacial score (nSPS) is 16.2. The number of carbonyl (C=O) groups is 1. The Hall–Kier alpha value is -2.57. The highest BCUT2D eigenvalue weighted by molar-refractivity contribution is 7.19. The van der Waals surface area contributed by atoms with Crippen LogP contribution in [0.2, 0.25) is 5.02 Å². The minimum atomic E-state index is -4.29. The number of anilines is 2. The number of amides is 1. The van der Waals surface area contributed by atoms with Crippen LogP contribution in [0.1, 0.15) is 23.3 Å². The number of hydrogen-bond donors (Lipinski definition) is 2. The molecule has 0 saturated heterocycles. The molecule has 0 radical (unpaired) electrons. The van der Waals surface area contributed by atoms with E-state index in [4.69, 9.17) is 11.6 Å². The van der Waals surface area contributed by atoms with Crippen LogP contribution in [0.5, 0.6) is 0 Å². The molecule has 172 valence electrons. The fourth-order valence-corrected chi connectivity index (χ4v) is 5.98. The number of fused-ring (bicyclic) bond motifs is 4. The third-order valence-corrected chi connectivity index (χ3v) is 7.68. The maximum Gasteiger partial charge on any atom is 0.390 e. The van der Waals surface area contributed by atoms with E-state index in [0.29, 0.717) is 35.8 Å². The molecule has 3 heterocycles. The fourth-order valence-electron chi connectivity index (χ4n) is 3.93. The van der Waals surface area contributed by atoms with E-state index in [1.54, 1.807) is 6.07 Å². The number of nitrogens with zero attached hydrogens (tertiary/aromatic N) is 4. The first kappa shape index (κ1) is 22.2. The van der Waals surface area contributed by atoms with Crippen LogP contribution in [0, 0.1) is 5.92 Å². The Kier molecular flexibility index (Phi) is 5.83. The molecule has 0 fully saturated rings. The number of nitrogens with one attached hydrogen (secondary N) is 2. The Balaban J connectivity index is 1.38.